The summed E-state index contributed by atoms with van der Waals surface area (Å²) in [5, 5.41) is 11.5. The maximum absolute atomic E-state index is 11.5. The zero-order valence-corrected chi connectivity index (χ0v) is 16.1. The Morgan fingerprint density at radius 3 is 2.54 bits per heavy atom. The molecule has 1 aromatic carbocycles. The van der Waals surface area contributed by atoms with Gasteiger partial charge in [0.2, 0.25) is 0 Å². The lowest BCUT2D eigenvalue weighted by atomic mass is 9.62. The Kier molecular flexibility index (Phi) is 4.39. The smallest absolute Gasteiger partial charge is 0.0899 e. The minimum atomic E-state index is -0.727. The fraction of sp³-hybridized carbons (Fsp3) is 0.524. The maximum atomic E-state index is 11.5. The van der Waals surface area contributed by atoms with Crippen molar-refractivity contribution in [2.24, 2.45) is 11.8 Å². The van der Waals surface area contributed by atoms with Crippen molar-refractivity contribution in [3.8, 4) is 0 Å². The van der Waals surface area contributed by atoms with E-state index in [0.717, 1.165) is 12.8 Å². The van der Waals surface area contributed by atoms with Crippen LogP contribution in [0.25, 0.3) is 6.08 Å². The molecule has 1 saturated heterocycles. The van der Waals surface area contributed by atoms with Crippen molar-refractivity contribution in [3.63, 3.8) is 0 Å². The van der Waals surface area contributed by atoms with E-state index in [0.29, 0.717) is 10.00 Å². The first-order chi connectivity index (χ1) is 11.5. The number of fused-ring (bicyclic) bond motifs is 1. The first-order valence-corrected chi connectivity index (χ1v) is 11.0. The molecule has 128 valence electrons. The van der Waals surface area contributed by atoms with E-state index in [9.17, 15) is 5.11 Å². The van der Waals surface area contributed by atoms with E-state index in [4.69, 9.17) is 0 Å². The Morgan fingerprint density at radius 2 is 1.83 bits per heavy atom. The van der Waals surface area contributed by atoms with Gasteiger partial charge in [0, 0.05) is 17.4 Å². The van der Waals surface area contributed by atoms with Gasteiger partial charge in [0.1, 0.15) is 0 Å². The summed E-state index contributed by atoms with van der Waals surface area (Å²) in [6.07, 6.45) is 8.01. The van der Waals surface area contributed by atoms with Gasteiger partial charge in [0.25, 0.3) is 0 Å². The number of hydrogen-bond acceptors (Lipinski definition) is 3. The average molecular weight is 359 g/mol. The fourth-order valence-electron chi connectivity index (χ4n) is 4.88. The van der Waals surface area contributed by atoms with E-state index in [-0.39, 0.29) is 5.92 Å². The van der Waals surface area contributed by atoms with Crippen LogP contribution in [0.3, 0.4) is 0 Å². The molecule has 1 aliphatic heterocycles. The number of benzene rings is 1. The molecule has 1 N–H and O–H groups in total. The SMILES string of the molecule is C[C@H]1CC2(C=C3CC/C(=C/c4ccccc4)[C@@](C)(O)C31)SCCS2. The van der Waals surface area contributed by atoms with Crippen molar-refractivity contribution in [1.82, 2.24) is 0 Å². The van der Waals surface area contributed by atoms with Gasteiger partial charge in [-0.15, -0.1) is 23.5 Å². The molecule has 1 unspecified atom stereocenters. The molecule has 1 heterocycles. The molecule has 3 heteroatoms. The molecule has 2 aliphatic carbocycles. The van der Waals surface area contributed by atoms with Crippen LogP contribution in [0.1, 0.15) is 38.7 Å². The van der Waals surface area contributed by atoms with E-state index in [1.807, 2.05) is 13.0 Å². The first kappa shape index (κ1) is 16.8. The molecular formula is C21H26OS2. The Balaban J connectivity index is 1.68. The van der Waals surface area contributed by atoms with E-state index in [1.165, 1.54) is 34.6 Å². The molecule has 1 saturated carbocycles. The third-order valence-electron chi connectivity index (χ3n) is 5.84. The van der Waals surface area contributed by atoms with Gasteiger partial charge in [-0.2, -0.15) is 0 Å². The molecule has 3 aliphatic rings. The van der Waals surface area contributed by atoms with Crippen LogP contribution < -0.4 is 0 Å². The highest BCUT2D eigenvalue weighted by atomic mass is 32.2. The van der Waals surface area contributed by atoms with Crippen molar-refractivity contribution in [1.29, 1.82) is 0 Å². The topological polar surface area (TPSA) is 20.2 Å². The lowest BCUT2D eigenvalue weighted by Gasteiger charge is -2.49. The monoisotopic (exact) mass is 358 g/mol. The van der Waals surface area contributed by atoms with Crippen molar-refractivity contribution < 1.29 is 5.11 Å². The van der Waals surface area contributed by atoms with Gasteiger partial charge in [-0.25, -0.2) is 0 Å². The Labute approximate surface area is 154 Å². The van der Waals surface area contributed by atoms with Crippen LogP contribution in [-0.4, -0.2) is 26.3 Å². The molecule has 0 radical (unpaired) electrons. The van der Waals surface area contributed by atoms with Gasteiger partial charge in [-0.1, -0.05) is 55.0 Å². The van der Waals surface area contributed by atoms with Gasteiger partial charge < -0.3 is 5.11 Å². The van der Waals surface area contributed by atoms with Crippen LogP contribution in [0, 0.1) is 11.8 Å². The Hall–Kier alpha value is -0.640. The normalized spacial score (nSPS) is 36.6. The molecule has 0 aromatic heterocycles. The zero-order chi connectivity index (χ0) is 16.8. The fourth-order valence-corrected chi connectivity index (χ4v) is 8.30. The van der Waals surface area contributed by atoms with E-state index >= 15 is 0 Å². The van der Waals surface area contributed by atoms with Crippen LogP contribution in [-0.2, 0) is 0 Å². The first-order valence-electron chi connectivity index (χ1n) is 8.98. The predicted molar refractivity (Wildman–Crippen MR) is 107 cm³/mol. The van der Waals surface area contributed by atoms with Gasteiger partial charge in [0.15, 0.2) is 0 Å². The second-order valence-corrected chi connectivity index (χ2v) is 10.7. The lowest BCUT2D eigenvalue weighted by Crippen LogP contribution is -2.48. The third kappa shape index (κ3) is 2.89. The predicted octanol–water partition coefficient (Wildman–Crippen LogP) is 5.37. The van der Waals surface area contributed by atoms with Crippen LogP contribution in [0.2, 0.25) is 0 Å². The number of thioether (sulfide) groups is 2. The summed E-state index contributed by atoms with van der Waals surface area (Å²) in [5.74, 6) is 3.33. The second-order valence-electron chi connectivity index (χ2n) is 7.61. The molecule has 24 heavy (non-hydrogen) atoms. The molecular weight excluding hydrogens is 332 g/mol. The highest BCUT2D eigenvalue weighted by Crippen LogP contribution is 2.58. The number of rotatable bonds is 1. The summed E-state index contributed by atoms with van der Waals surface area (Å²) in [6.45, 7) is 4.39. The van der Waals surface area contributed by atoms with Crippen LogP contribution >= 0.6 is 23.5 Å². The van der Waals surface area contributed by atoms with E-state index in [1.54, 1.807) is 0 Å². The molecule has 1 spiro atoms. The number of aliphatic hydroxyl groups is 1. The van der Waals surface area contributed by atoms with Crippen LogP contribution in [0.5, 0.6) is 0 Å². The molecule has 0 amide bonds. The third-order valence-corrected chi connectivity index (χ3v) is 9.16. The molecule has 0 bridgehead atoms. The lowest BCUT2D eigenvalue weighted by molar-refractivity contribution is 0.00976. The summed E-state index contributed by atoms with van der Waals surface area (Å²) in [7, 11) is 0. The summed E-state index contributed by atoms with van der Waals surface area (Å²) in [5.41, 5.74) is 3.17. The molecule has 1 nitrogen and oxygen atoms in total. The van der Waals surface area contributed by atoms with E-state index in [2.05, 4.69) is 66.9 Å². The van der Waals surface area contributed by atoms with E-state index < -0.39 is 5.60 Å². The van der Waals surface area contributed by atoms with Crippen molar-refractivity contribution >= 4 is 29.6 Å². The van der Waals surface area contributed by atoms with Crippen LogP contribution in [0.15, 0.2) is 47.6 Å². The number of hydrogen-bond donors (Lipinski definition) is 1. The van der Waals surface area contributed by atoms with Gasteiger partial charge in [-0.3, -0.25) is 0 Å². The largest absolute Gasteiger partial charge is 0.385 e. The standard InChI is InChI=1S/C21H26OS2/c1-15-13-21(23-10-11-24-21)14-17-8-9-18(20(2,22)19(15)17)12-16-6-4-3-5-7-16/h3-7,12,14-15,19,22H,8-11,13H2,1-2H3/b18-12-/t15-,19?,20+/m0/s1. The highest BCUT2D eigenvalue weighted by molar-refractivity contribution is 8.21. The van der Waals surface area contributed by atoms with Crippen molar-refractivity contribution in [2.45, 2.75) is 42.8 Å². The molecule has 3 atom stereocenters. The molecule has 2 fully saturated rings. The zero-order valence-electron chi connectivity index (χ0n) is 14.5. The summed E-state index contributed by atoms with van der Waals surface area (Å²) < 4.78 is 0.294. The second kappa shape index (κ2) is 6.26. The minimum Gasteiger partial charge on any atom is -0.385 e. The maximum Gasteiger partial charge on any atom is 0.0899 e. The quantitative estimate of drug-likeness (QED) is 0.681. The minimum absolute atomic E-state index is 0.272. The summed E-state index contributed by atoms with van der Waals surface area (Å²) >= 11 is 4.24. The van der Waals surface area contributed by atoms with Gasteiger partial charge in [-0.05, 0) is 43.2 Å². The van der Waals surface area contributed by atoms with Gasteiger partial charge in [0.05, 0.1) is 9.68 Å². The van der Waals surface area contributed by atoms with Crippen LogP contribution in [0.4, 0.5) is 0 Å². The highest BCUT2D eigenvalue weighted by Gasteiger charge is 2.50. The molecule has 1 aromatic rings. The van der Waals surface area contributed by atoms with Gasteiger partial charge >= 0.3 is 0 Å². The molecule has 4 rings (SSSR count). The summed E-state index contributed by atoms with van der Waals surface area (Å²) in [6, 6.07) is 10.4. The average Bonchev–Trinajstić information content (AvgIpc) is 2.98. The Bertz CT molecular complexity index is 668. The summed E-state index contributed by atoms with van der Waals surface area (Å²) in [4.78, 5) is 0. The van der Waals surface area contributed by atoms with Crippen molar-refractivity contribution in [3.05, 3.63) is 53.1 Å². The Morgan fingerprint density at radius 1 is 1.12 bits per heavy atom. The van der Waals surface area contributed by atoms with Crippen molar-refractivity contribution in [2.75, 3.05) is 11.5 Å².